The van der Waals surface area contributed by atoms with E-state index in [1.54, 1.807) is 0 Å². The van der Waals surface area contributed by atoms with Gasteiger partial charge in [-0.1, -0.05) is 6.92 Å². The number of guanidine groups is 1. The largest absolute Gasteiger partial charge is 0.357 e. The Kier molecular flexibility index (Phi) is 7.09. The fraction of sp³-hybridized carbons (Fsp3) is 0.778. The number of rotatable bonds is 7. The van der Waals surface area contributed by atoms with Crippen LogP contribution in [-0.2, 0) is 13.6 Å². The zero-order chi connectivity index (χ0) is 17.5. The summed E-state index contributed by atoms with van der Waals surface area (Å²) < 4.78 is 1.93. The molecule has 0 radical (unpaired) electrons. The van der Waals surface area contributed by atoms with E-state index in [1.165, 1.54) is 43.6 Å². The molecule has 0 aliphatic carbocycles. The summed E-state index contributed by atoms with van der Waals surface area (Å²) in [6, 6.07) is 0.596. The van der Waals surface area contributed by atoms with Crippen molar-refractivity contribution in [2.24, 2.45) is 12.0 Å². The van der Waals surface area contributed by atoms with E-state index in [0.717, 1.165) is 24.7 Å². The van der Waals surface area contributed by atoms with Crippen LogP contribution in [0.5, 0.6) is 0 Å². The van der Waals surface area contributed by atoms with Crippen molar-refractivity contribution in [3.63, 3.8) is 0 Å². The molecule has 0 bridgehead atoms. The molecular weight excluding hydrogens is 300 g/mol. The van der Waals surface area contributed by atoms with Gasteiger partial charge >= 0.3 is 0 Å². The molecular formula is C18H34N6. The maximum absolute atomic E-state index is 4.77. The average Bonchev–Trinajstić information content (AvgIpc) is 3.16. The van der Waals surface area contributed by atoms with Crippen molar-refractivity contribution in [3.8, 4) is 0 Å². The molecule has 1 aliphatic heterocycles. The molecule has 0 aromatic carbocycles. The summed E-state index contributed by atoms with van der Waals surface area (Å²) in [5.41, 5.74) is 3.48. The maximum Gasteiger partial charge on any atom is 0.191 e. The fourth-order valence-electron chi connectivity index (χ4n) is 3.40. The van der Waals surface area contributed by atoms with Crippen LogP contribution in [0.15, 0.2) is 4.99 Å². The van der Waals surface area contributed by atoms with Crippen molar-refractivity contribution in [2.75, 3.05) is 26.2 Å². The van der Waals surface area contributed by atoms with E-state index in [-0.39, 0.29) is 0 Å². The number of aryl methyl sites for hydroxylation is 2. The number of hydrogen-bond acceptors (Lipinski definition) is 3. The van der Waals surface area contributed by atoms with E-state index in [1.807, 2.05) is 11.7 Å². The first kappa shape index (κ1) is 18.8. The minimum Gasteiger partial charge on any atom is -0.357 e. The van der Waals surface area contributed by atoms with Crippen molar-refractivity contribution < 1.29 is 0 Å². The van der Waals surface area contributed by atoms with Crippen molar-refractivity contribution in [1.29, 1.82) is 0 Å². The lowest BCUT2D eigenvalue weighted by Gasteiger charge is -2.27. The van der Waals surface area contributed by atoms with Crippen LogP contribution in [0.2, 0.25) is 0 Å². The van der Waals surface area contributed by atoms with Gasteiger partial charge in [-0.25, -0.2) is 4.99 Å². The zero-order valence-electron chi connectivity index (χ0n) is 16.0. The van der Waals surface area contributed by atoms with Gasteiger partial charge in [0.05, 0.1) is 12.2 Å². The molecule has 1 atom stereocenters. The van der Waals surface area contributed by atoms with E-state index < -0.39 is 0 Å². The van der Waals surface area contributed by atoms with Gasteiger partial charge in [-0.2, -0.15) is 5.10 Å². The second-order valence-corrected chi connectivity index (χ2v) is 6.65. The number of aromatic nitrogens is 2. The van der Waals surface area contributed by atoms with Crippen molar-refractivity contribution >= 4 is 5.96 Å². The van der Waals surface area contributed by atoms with Crippen LogP contribution in [-0.4, -0.2) is 52.9 Å². The smallest absolute Gasteiger partial charge is 0.191 e. The first-order chi connectivity index (χ1) is 11.6. The summed E-state index contributed by atoms with van der Waals surface area (Å²) in [6.45, 7) is 13.5. The maximum atomic E-state index is 4.77. The highest BCUT2D eigenvalue weighted by Crippen LogP contribution is 2.14. The van der Waals surface area contributed by atoms with Gasteiger partial charge in [0.15, 0.2) is 5.96 Å². The second kappa shape index (κ2) is 9.06. The highest BCUT2D eigenvalue weighted by atomic mass is 15.3. The molecule has 1 aliphatic rings. The lowest BCUT2D eigenvalue weighted by Crippen LogP contribution is -2.46. The lowest BCUT2D eigenvalue weighted by molar-refractivity contribution is 0.236. The van der Waals surface area contributed by atoms with Crippen molar-refractivity contribution in [3.05, 3.63) is 17.0 Å². The average molecular weight is 335 g/mol. The Bertz CT molecular complexity index is 542. The minimum absolute atomic E-state index is 0.596. The van der Waals surface area contributed by atoms with Gasteiger partial charge in [-0.3, -0.25) is 9.58 Å². The lowest BCUT2D eigenvalue weighted by atomic mass is 10.2. The summed E-state index contributed by atoms with van der Waals surface area (Å²) in [6.07, 6.45) is 3.85. The topological polar surface area (TPSA) is 57.5 Å². The van der Waals surface area contributed by atoms with Gasteiger partial charge in [0.1, 0.15) is 0 Å². The van der Waals surface area contributed by atoms with Crippen LogP contribution in [0, 0.1) is 13.8 Å². The molecule has 1 unspecified atom stereocenters. The monoisotopic (exact) mass is 334 g/mol. The number of hydrogen-bond donors (Lipinski definition) is 2. The molecule has 6 nitrogen and oxygen atoms in total. The summed E-state index contributed by atoms with van der Waals surface area (Å²) in [5, 5.41) is 11.4. The molecule has 24 heavy (non-hydrogen) atoms. The van der Waals surface area contributed by atoms with Crippen LogP contribution >= 0.6 is 0 Å². The molecule has 1 fully saturated rings. The Morgan fingerprint density at radius 2 is 1.92 bits per heavy atom. The van der Waals surface area contributed by atoms with Crippen LogP contribution < -0.4 is 10.6 Å². The molecule has 0 saturated carbocycles. The summed E-state index contributed by atoms with van der Waals surface area (Å²) in [5.74, 6) is 0.901. The van der Waals surface area contributed by atoms with E-state index >= 15 is 0 Å². The number of aliphatic imine (C=N–C) groups is 1. The van der Waals surface area contributed by atoms with Crippen LogP contribution in [0.3, 0.4) is 0 Å². The van der Waals surface area contributed by atoms with E-state index in [4.69, 9.17) is 4.99 Å². The summed E-state index contributed by atoms with van der Waals surface area (Å²) >= 11 is 0. The fourth-order valence-corrected chi connectivity index (χ4v) is 3.40. The standard InChI is InChI=1S/C18H34N6/c1-6-16(24-10-8-9-11-24)12-20-18(19-7-2)21-13-17-14(3)22-23(5)15(17)4/h16H,6-13H2,1-5H3,(H2,19,20,21). The third-order valence-corrected chi connectivity index (χ3v) is 5.03. The molecule has 1 aromatic heterocycles. The van der Waals surface area contributed by atoms with Crippen molar-refractivity contribution in [1.82, 2.24) is 25.3 Å². The van der Waals surface area contributed by atoms with Gasteiger partial charge < -0.3 is 10.6 Å². The highest BCUT2D eigenvalue weighted by molar-refractivity contribution is 5.79. The molecule has 1 aromatic rings. The number of nitrogens with zero attached hydrogens (tertiary/aromatic N) is 4. The van der Waals surface area contributed by atoms with Gasteiger partial charge in [0.25, 0.3) is 0 Å². The first-order valence-electron chi connectivity index (χ1n) is 9.32. The Morgan fingerprint density at radius 3 is 2.46 bits per heavy atom. The van der Waals surface area contributed by atoms with Gasteiger partial charge in [0.2, 0.25) is 0 Å². The van der Waals surface area contributed by atoms with E-state index in [9.17, 15) is 0 Å². The minimum atomic E-state index is 0.596. The van der Waals surface area contributed by atoms with Crippen molar-refractivity contribution in [2.45, 2.75) is 59.5 Å². The molecule has 0 amide bonds. The molecule has 0 spiro atoms. The Hall–Kier alpha value is -1.56. The molecule has 136 valence electrons. The van der Waals surface area contributed by atoms with Crippen LogP contribution in [0.25, 0.3) is 0 Å². The predicted molar refractivity (Wildman–Crippen MR) is 100 cm³/mol. The van der Waals surface area contributed by atoms with Crippen LogP contribution in [0.1, 0.15) is 50.1 Å². The zero-order valence-corrected chi connectivity index (χ0v) is 16.0. The predicted octanol–water partition coefficient (Wildman–Crippen LogP) is 1.97. The third-order valence-electron chi connectivity index (χ3n) is 5.03. The van der Waals surface area contributed by atoms with E-state index in [2.05, 4.69) is 48.3 Å². The Labute approximate surface area is 146 Å². The molecule has 2 heterocycles. The summed E-state index contributed by atoms with van der Waals surface area (Å²) in [4.78, 5) is 7.38. The number of nitrogens with one attached hydrogen (secondary N) is 2. The normalized spacial score (nSPS) is 17.3. The number of likely N-dealkylation sites (tertiary alicyclic amines) is 1. The summed E-state index contributed by atoms with van der Waals surface area (Å²) in [7, 11) is 1.99. The van der Waals surface area contributed by atoms with Gasteiger partial charge in [0, 0.05) is 37.4 Å². The van der Waals surface area contributed by atoms with E-state index in [0.29, 0.717) is 12.6 Å². The highest BCUT2D eigenvalue weighted by Gasteiger charge is 2.20. The second-order valence-electron chi connectivity index (χ2n) is 6.65. The van der Waals surface area contributed by atoms with Gasteiger partial charge in [-0.05, 0) is 53.1 Å². The first-order valence-corrected chi connectivity index (χ1v) is 9.32. The SMILES string of the molecule is CCNC(=NCc1c(C)nn(C)c1C)NCC(CC)N1CCCC1. The molecule has 2 rings (SSSR count). The Balaban J connectivity index is 1.97. The third kappa shape index (κ3) is 4.72. The van der Waals surface area contributed by atoms with Gasteiger partial charge in [-0.15, -0.1) is 0 Å². The Morgan fingerprint density at radius 1 is 1.21 bits per heavy atom. The quantitative estimate of drug-likeness (QED) is 0.591. The van der Waals surface area contributed by atoms with Crippen LogP contribution in [0.4, 0.5) is 0 Å². The molecule has 6 heteroatoms. The molecule has 1 saturated heterocycles. The molecule has 2 N–H and O–H groups in total.